The van der Waals surface area contributed by atoms with Crippen LogP contribution in [0, 0.1) is 0 Å². The minimum Gasteiger partial charge on any atom is -0.384 e. The van der Waals surface area contributed by atoms with Gasteiger partial charge in [0.25, 0.3) is 0 Å². The molecule has 0 aliphatic rings. The van der Waals surface area contributed by atoms with E-state index in [1.165, 1.54) is 0 Å². The van der Waals surface area contributed by atoms with Crippen LogP contribution in [-0.2, 0) is 6.54 Å². The lowest BCUT2D eigenvalue weighted by atomic mass is 10.3. The average molecular weight is 189 g/mol. The third-order valence-electron chi connectivity index (χ3n) is 1.90. The molecule has 0 atom stereocenters. The first kappa shape index (κ1) is 8.68. The Morgan fingerprint density at radius 1 is 1.36 bits per heavy atom. The van der Waals surface area contributed by atoms with Crippen LogP contribution < -0.4 is 5.73 Å². The highest BCUT2D eigenvalue weighted by molar-refractivity contribution is 5.54. The van der Waals surface area contributed by atoms with Gasteiger partial charge in [-0.25, -0.2) is 4.98 Å². The van der Waals surface area contributed by atoms with Crippen LogP contribution in [0.5, 0.6) is 0 Å². The molecule has 0 radical (unpaired) electrons. The van der Waals surface area contributed by atoms with Crippen molar-refractivity contribution in [2.75, 3.05) is 5.73 Å². The third kappa shape index (κ3) is 1.56. The summed E-state index contributed by atoms with van der Waals surface area (Å²) < 4.78 is 1.75. The lowest BCUT2D eigenvalue weighted by Crippen LogP contribution is -1.93. The van der Waals surface area contributed by atoms with Gasteiger partial charge < -0.3 is 5.73 Å². The second-order valence-electron chi connectivity index (χ2n) is 2.91. The fraction of sp³-hybridized carbons (Fsp3) is 0.222. The zero-order chi connectivity index (χ0) is 9.97. The Bertz CT molecular complexity index is 434. The molecule has 5 heteroatoms. The summed E-state index contributed by atoms with van der Waals surface area (Å²) >= 11 is 0. The Morgan fingerprint density at radius 2 is 2.21 bits per heavy atom. The average Bonchev–Trinajstić information content (AvgIpc) is 2.66. The van der Waals surface area contributed by atoms with Gasteiger partial charge in [-0.1, -0.05) is 11.3 Å². The van der Waals surface area contributed by atoms with Crippen molar-refractivity contribution < 1.29 is 0 Å². The maximum absolute atomic E-state index is 5.57. The fourth-order valence-corrected chi connectivity index (χ4v) is 1.16. The normalized spacial score (nSPS) is 10.4. The van der Waals surface area contributed by atoms with E-state index in [4.69, 9.17) is 5.73 Å². The van der Waals surface area contributed by atoms with Gasteiger partial charge in [-0.15, -0.1) is 5.10 Å². The van der Waals surface area contributed by atoms with Gasteiger partial charge in [0, 0.05) is 6.54 Å². The van der Waals surface area contributed by atoms with Crippen molar-refractivity contribution in [2.45, 2.75) is 13.5 Å². The smallest absolute Gasteiger partial charge is 0.131 e. The van der Waals surface area contributed by atoms with Crippen LogP contribution >= 0.6 is 0 Å². The van der Waals surface area contributed by atoms with Crippen LogP contribution in [0.2, 0.25) is 0 Å². The van der Waals surface area contributed by atoms with E-state index in [0.717, 1.165) is 17.9 Å². The van der Waals surface area contributed by atoms with Gasteiger partial charge in [0.1, 0.15) is 11.5 Å². The number of nitrogens with zero attached hydrogens (tertiary/aromatic N) is 4. The third-order valence-corrected chi connectivity index (χ3v) is 1.90. The molecule has 0 saturated heterocycles. The Morgan fingerprint density at radius 3 is 2.86 bits per heavy atom. The predicted molar refractivity (Wildman–Crippen MR) is 53.3 cm³/mol. The van der Waals surface area contributed by atoms with E-state index < -0.39 is 0 Å². The van der Waals surface area contributed by atoms with Gasteiger partial charge in [-0.05, 0) is 19.1 Å². The molecule has 72 valence electrons. The summed E-state index contributed by atoms with van der Waals surface area (Å²) in [6, 6.07) is 5.46. The summed E-state index contributed by atoms with van der Waals surface area (Å²) in [5.74, 6) is 0.494. The standard InChI is InChI=1S/C9H11N5/c1-2-14-6-8(12-13-14)7-4-3-5-9(10)11-7/h3-6H,2H2,1H3,(H2,10,11). The second kappa shape index (κ2) is 3.45. The molecule has 0 unspecified atom stereocenters. The number of rotatable bonds is 2. The molecule has 0 bridgehead atoms. The van der Waals surface area contributed by atoms with Crippen LogP contribution in [0.15, 0.2) is 24.4 Å². The van der Waals surface area contributed by atoms with E-state index >= 15 is 0 Å². The molecule has 2 heterocycles. The highest BCUT2D eigenvalue weighted by Gasteiger charge is 2.03. The first-order chi connectivity index (χ1) is 6.79. The second-order valence-corrected chi connectivity index (χ2v) is 2.91. The number of anilines is 1. The molecule has 2 N–H and O–H groups in total. The minimum absolute atomic E-state index is 0.494. The van der Waals surface area contributed by atoms with Gasteiger partial charge in [-0.3, -0.25) is 4.68 Å². The molecule has 2 aromatic heterocycles. The van der Waals surface area contributed by atoms with Crippen molar-refractivity contribution in [1.29, 1.82) is 0 Å². The highest BCUT2D eigenvalue weighted by atomic mass is 15.4. The van der Waals surface area contributed by atoms with E-state index in [2.05, 4.69) is 15.3 Å². The van der Waals surface area contributed by atoms with E-state index in [9.17, 15) is 0 Å². The minimum atomic E-state index is 0.494. The number of nitrogens with two attached hydrogens (primary N) is 1. The lowest BCUT2D eigenvalue weighted by Gasteiger charge is -1.95. The molecule has 0 fully saturated rings. The molecule has 0 aliphatic heterocycles. The molecule has 14 heavy (non-hydrogen) atoms. The molecule has 0 amide bonds. The van der Waals surface area contributed by atoms with Gasteiger partial charge in [-0.2, -0.15) is 0 Å². The molecule has 0 aromatic carbocycles. The number of aryl methyl sites for hydroxylation is 1. The molecule has 0 spiro atoms. The van der Waals surface area contributed by atoms with Crippen LogP contribution in [-0.4, -0.2) is 20.0 Å². The number of pyridine rings is 1. The van der Waals surface area contributed by atoms with Gasteiger partial charge in [0.05, 0.1) is 11.9 Å². The number of hydrogen-bond donors (Lipinski definition) is 1. The summed E-state index contributed by atoms with van der Waals surface area (Å²) in [6.45, 7) is 2.81. The monoisotopic (exact) mass is 189 g/mol. The topological polar surface area (TPSA) is 69.6 Å². The number of hydrogen-bond acceptors (Lipinski definition) is 4. The van der Waals surface area contributed by atoms with Gasteiger partial charge >= 0.3 is 0 Å². The fourth-order valence-electron chi connectivity index (χ4n) is 1.16. The predicted octanol–water partition coefficient (Wildman–Crippen LogP) is 0.942. The molecular weight excluding hydrogens is 178 g/mol. The van der Waals surface area contributed by atoms with Crippen LogP contribution in [0.3, 0.4) is 0 Å². The molecule has 0 aliphatic carbocycles. The van der Waals surface area contributed by atoms with Gasteiger partial charge in [0.15, 0.2) is 0 Å². The van der Waals surface area contributed by atoms with Crippen molar-refractivity contribution in [3.63, 3.8) is 0 Å². The lowest BCUT2D eigenvalue weighted by molar-refractivity contribution is 0.627. The SMILES string of the molecule is CCn1cc(-c2cccc(N)n2)nn1. The Balaban J connectivity index is 2.39. The first-order valence-electron chi connectivity index (χ1n) is 4.42. The van der Waals surface area contributed by atoms with Crippen molar-refractivity contribution in [2.24, 2.45) is 0 Å². The summed E-state index contributed by atoms with van der Waals surface area (Å²) in [5, 5.41) is 7.92. The van der Waals surface area contributed by atoms with Gasteiger partial charge in [0.2, 0.25) is 0 Å². The van der Waals surface area contributed by atoms with Crippen molar-refractivity contribution in [3.8, 4) is 11.4 Å². The Labute approximate surface area is 81.6 Å². The molecule has 2 rings (SSSR count). The van der Waals surface area contributed by atoms with E-state index in [1.807, 2.05) is 25.3 Å². The van der Waals surface area contributed by atoms with E-state index in [0.29, 0.717) is 5.82 Å². The van der Waals surface area contributed by atoms with Crippen LogP contribution in [0.1, 0.15) is 6.92 Å². The Hall–Kier alpha value is -1.91. The summed E-state index contributed by atoms with van der Waals surface area (Å²) in [5.41, 5.74) is 7.07. The maximum atomic E-state index is 5.57. The van der Waals surface area contributed by atoms with Crippen molar-refractivity contribution >= 4 is 5.82 Å². The maximum Gasteiger partial charge on any atom is 0.131 e. The number of nitrogen functional groups attached to an aromatic ring is 1. The number of aromatic nitrogens is 4. The molecule has 2 aromatic rings. The largest absolute Gasteiger partial charge is 0.384 e. The molecule has 5 nitrogen and oxygen atoms in total. The summed E-state index contributed by atoms with van der Waals surface area (Å²) in [6.07, 6.45) is 1.85. The zero-order valence-corrected chi connectivity index (χ0v) is 7.88. The van der Waals surface area contributed by atoms with Crippen LogP contribution in [0.4, 0.5) is 5.82 Å². The summed E-state index contributed by atoms with van der Waals surface area (Å²) in [7, 11) is 0. The first-order valence-corrected chi connectivity index (χ1v) is 4.42. The van der Waals surface area contributed by atoms with Crippen molar-refractivity contribution in [1.82, 2.24) is 20.0 Å². The molecule has 0 saturated carbocycles. The highest BCUT2D eigenvalue weighted by Crippen LogP contribution is 2.13. The van der Waals surface area contributed by atoms with E-state index in [-0.39, 0.29) is 0 Å². The summed E-state index contributed by atoms with van der Waals surface area (Å²) in [4.78, 5) is 4.15. The quantitative estimate of drug-likeness (QED) is 0.763. The Kier molecular flexibility index (Phi) is 2.14. The zero-order valence-electron chi connectivity index (χ0n) is 7.88. The molecular formula is C9H11N5. The van der Waals surface area contributed by atoms with Crippen LogP contribution in [0.25, 0.3) is 11.4 Å². The van der Waals surface area contributed by atoms with E-state index in [1.54, 1.807) is 10.7 Å². The van der Waals surface area contributed by atoms with Crippen molar-refractivity contribution in [3.05, 3.63) is 24.4 Å².